The summed E-state index contributed by atoms with van der Waals surface area (Å²) in [6, 6.07) is 0. The number of carbonyl (C=O) groups is 1. The van der Waals surface area contributed by atoms with E-state index in [2.05, 4.69) is 0 Å². The lowest BCUT2D eigenvalue weighted by atomic mass is 10.9. The fourth-order valence-corrected chi connectivity index (χ4v) is 0. The highest BCUT2D eigenvalue weighted by Crippen LogP contribution is 1.42. The number of hydrogen-bond donors (Lipinski definition) is 1. The van der Waals surface area contributed by atoms with Crippen molar-refractivity contribution in [1.82, 2.24) is 0 Å². The summed E-state index contributed by atoms with van der Waals surface area (Å²) < 4.78 is 0. The van der Waals surface area contributed by atoms with Crippen LogP contribution >= 0.6 is 0 Å². The average molecular weight is 180 g/mol. The third-order valence-corrected chi connectivity index (χ3v) is 0. The fraction of sp³-hybridized carbons (Fsp3) is 0.750. The second kappa shape index (κ2) is 95.0. The molecule has 0 saturated heterocycles. The topological polar surface area (TPSA) is 71.4 Å². The minimum atomic E-state index is -0.833. The number of carboxylic acid groups (broad SMARTS) is 1. The summed E-state index contributed by atoms with van der Waals surface area (Å²) in [6.07, 6.45) is 0.250. The van der Waals surface area contributed by atoms with E-state index in [9.17, 15) is 0 Å². The van der Waals surface area contributed by atoms with Crippen molar-refractivity contribution in [3.05, 3.63) is 0 Å². The van der Waals surface area contributed by atoms with E-state index < -0.39 is 5.97 Å². The third-order valence-electron chi connectivity index (χ3n) is 0. The Morgan fingerprint density at radius 3 is 1.08 bits per heavy atom. The van der Waals surface area contributed by atoms with E-state index in [1.165, 1.54) is 0 Å². The predicted octanol–water partition coefficient (Wildman–Crippen LogP) is 2.20. The Bertz CT molecular complexity index is 79.1. The van der Waals surface area contributed by atoms with Crippen LogP contribution in [0.4, 0.5) is 0 Å². The first-order chi connectivity index (χ1) is 5.15. The van der Waals surface area contributed by atoms with Crippen molar-refractivity contribution in [2.45, 2.75) is 42.0 Å². The summed E-state index contributed by atoms with van der Waals surface area (Å²) in [7, 11) is 0. The molecule has 1 N–H and O–H groups in total. The van der Waals surface area contributed by atoms with E-state index in [-0.39, 0.29) is 13.6 Å². The van der Waals surface area contributed by atoms with Crippen molar-refractivity contribution >= 4 is 12.1 Å². The van der Waals surface area contributed by atoms with Gasteiger partial charge in [-0.15, -0.1) is 0 Å². The SMILES string of the molecule is C.CC.CC.CC(=O)O.O=C=O. The highest BCUT2D eigenvalue weighted by Gasteiger charge is 1.65. The molecule has 12 heavy (non-hydrogen) atoms. The molecule has 0 radical (unpaired) electrons. The highest BCUT2D eigenvalue weighted by molar-refractivity contribution is 5.62. The summed E-state index contributed by atoms with van der Waals surface area (Å²) >= 11 is 0. The van der Waals surface area contributed by atoms with Gasteiger partial charge in [-0.2, -0.15) is 9.59 Å². The highest BCUT2D eigenvalue weighted by atomic mass is 16.4. The molecule has 0 aromatic heterocycles. The Morgan fingerprint density at radius 1 is 1.08 bits per heavy atom. The monoisotopic (exact) mass is 180 g/mol. The molecule has 0 aliphatic rings. The van der Waals surface area contributed by atoms with E-state index in [1.54, 1.807) is 0 Å². The molecule has 0 spiro atoms. The summed E-state index contributed by atoms with van der Waals surface area (Å²) in [5, 5.41) is 7.42. The van der Waals surface area contributed by atoms with E-state index in [4.69, 9.17) is 19.5 Å². The van der Waals surface area contributed by atoms with Crippen molar-refractivity contribution in [1.29, 1.82) is 0 Å². The molecule has 0 aromatic carbocycles. The van der Waals surface area contributed by atoms with Gasteiger partial charge in [-0.05, 0) is 0 Å². The molecular formula is C8H20O4. The van der Waals surface area contributed by atoms with E-state index in [0.29, 0.717) is 0 Å². The summed E-state index contributed by atoms with van der Waals surface area (Å²) in [5.74, 6) is -0.833. The van der Waals surface area contributed by atoms with Gasteiger partial charge in [0.25, 0.3) is 5.97 Å². The van der Waals surface area contributed by atoms with Gasteiger partial charge >= 0.3 is 6.15 Å². The van der Waals surface area contributed by atoms with E-state index in [0.717, 1.165) is 6.92 Å². The van der Waals surface area contributed by atoms with Gasteiger partial charge in [0.1, 0.15) is 0 Å². The molecule has 0 aliphatic carbocycles. The zero-order chi connectivity index (χ0) is 10.3. The lowest BCUT2D eigenvalue weighted by Gasteiger charge is -1.59. The maximum absolute atomic E-state index is 9.00. The Kier molecular flexibility index (Phi) is 243. The smallest absolute Gasteiger partial charge is 0.373 e. The van der Waals surface area contributed by atoms with Gasteiger partial charge in [-0.25, -0.2) is 0 Å². The molecule has 0 rings (SSSR count). The predicted molar refractivity (Wildman–Crippen MR) is 47.7 cm³/mol. The molecule has 0 heterocycles. The summed E-state index contributed by atoms with van der Waals surface area (Å²) in [4.78, 5) is 25.2. The molecule has 0 aromatic rings. The summed E-state index contributed by atoms with van der Waals surface area (Å²) in [5.41, 5.74) is 0. The first-order valence-corrected chi connectivity index (χ1v) is 3.34. The van der Waals surface area contributed by atoms with Crippen molar-refractivity contribution < 1.29 is 19.5 Å². The summed E-state index contributed by atoms with van der Waals surface area (Å²) in [6.45, 7) is 9.08. The Balaban J connectivity index is -0.0000000186. The van der Waals surface area contributed by atoms with Crippen LogP contribution in [-0.2, 0) is 14.4 Å². The number of hydrogen-bond acceptors (Lipinski definition) is 3. The lowest BCUT2D eigenvalue weighted by Crippen LogP contribution is -1.78. The molecule has 0 saturated carbocycles. The molecule has 0 unspecified atom stereocenters. The van der Waals surface area contributed by atoms with Gasteiger partial charge in [0, 0.05) is 6.92 Å². The Labute approximate surface area is 74.6 Å². The van der Waals surface area contributed by atoms with Crippen LogP contribution < -0.4 is 0 Å². The van der Waals surface area contributed by atoms with E-state index >= 15 is 0 Å². The number of carbonyl (C=O) groups excluding carboxylic acids is 2. The molecule has 0 fully saturated rings. The average Bonchev–Trinajstić information content (AvgIpc) is 1.96. The zero-order valence-electron chi connectivity index (χ0n) is 7.67. The van der Waals surface area contributed by atoms with Crippen molar-refractivity contribution in [2.24, 2.45) is 0 Å². The first-order valence-electron chi connectivity index (χ1n) is 3.34. The molecule has 0 amide bonds. The molecular weight excluding hydrogens is 160 g/mol. The quantitative estimate of drug-likeness (QED) is 0.620. The minimum absolute atomic E-state index is 0. The van der Waals surface area contributed by atoms with Crippen molar-refractivity contribution in [3.63, 3.8) is 0 Å². The van der Waals surface area contributed by atoms with Crippen LogP contribution in [0, 0.1) is 0 Å². The maximum Gasteiger partial charge on any atom is 0.373 e. The van der Waals surface area contributed by atoms with Gasteiger partial charge in [-0.1, -0.05) is 35.1 Å². The van der Waals surface area contributed by atoms with Gasteiger partial charge in [0.15, 0.2) is 0 Å². The van der Waals surface area contributed by atoms with Gasteiger partial charge in [-0.3, -0.25) is 4.79 Å². The third kappa shape index (κ3) is 412. The maximum atomic E-state index is 9.00. The van der Waals surface area contributed by atoms with Crippen LogP contribution in [0.2, 0.25) is 0 Å². The molecule has 4 heteroatoms. The van der Waals surface area contributed by atoms with Crippen LogP contribution in [0.15, 0.2) is 0 Å². The molecule has 4 nitrogen and oxygen atoms in total. The van der Waals surface area contributed by atoms with Crippen LogP contribution in [0.1, 0.15) is 42.0 Å². The van der Waals surface area contributed by atoms with Crippen molar-refractivity contribution in [3.8, 4) is 0 Å². The lowest BCUT2D eigenvalue weighted by molar-refractivity contribution is -0.191. The van der Waals surface area contributed by atoms with Gasteiger partial charge in [0.05, 0.1) is 0 Å². The standard InChI is InChI=1S/C2H4O2.2C2H6.CO2.CH4/c1-2(3)4;2*1-2;2-1-3;/h1H3,(H,3,4);2*1-2H3;;1H4. The number of carboxylic acids is 1. The molecule has 0 bridgehead atoms. The van der Waals surface area contributed by atoms with Crippen molar-refractivity contribution in [2.75, 3.05) is 0 Å². The number of aliphatic carboxylic acids is 1. The fourth-order valence-electron chi connectivity index (χ4n) is 0. The Hall–Kier alpha value is -1.15. The largest absolute Gasteiger partial charge is 0.481 e. The van der Waals surface area contributed by atoms with Crippen LogP contribution in [0.3, 0.4) is 0 Å². The number of rotatable bonds is 0. The normalized spacial score (nSPS) is 3.75. The second-order valence-corrected chi connectivity index (χ2v) is 0.602. The molecule has 76 valence electrons. The second-order valence-electron chi connectivity index (χ2n) is 0.602. The molecule has 0 atom stereocenters. The Morgan fingerprint density at radius 2 is 1.08 bits per heavy atom. The van der Waals surface area contributed by atoms with Crippen LogP contribution in [0.25, 0.3) is 0 Å². The van der Waals surface area contributed by atoms with E-state index in [1.807, 2.05) is 27.7 Å². The van der Waals surface area contributed by atoms with Gasteiger partial charge < -0.3 is 5.11 Å². The first kappa shape index (κ1) is 30.8. The minimum Gasteiger partial charge on any atom is -0.481 e. The van der Waals surface area contributed by atoms with Crippen LogP contribution in [-0.4, -0.2) is 17.2 Å². The van der Waals surface area contributed by atoms with Gasteiger partial charge in [0.2, 0.25) is 0 Å². The molecule has 0 aliphatic heterocycles. The zero-order valence-corrected chi connectivity index (χ0v) is 7.67. The van der Waals surface area contributed by atoms with Crippen LogP contribution in [0.5, 0.6) is 0 Å².